The van der Waals surface area contributed by atoms with E-state index in [2.05, 4.69) is 5.32 Å². The lowest BCUT2D eigenvalue weighted by Gasteiger charge is -2.32. The van der Waals surface area contributed by atoms with E-state index in [1.165, 1.54) is 30.2 Å². The van der Waals surface area contributed by atoms with E-state index in [0.717, 1.165) is 21.0 Å². The Balaban J connectivity index is 2.11. The molecule has 40 heavy (non-hydrogen) atoms. The van der Waals surface area contributed by atoms with Crippen molar-refractivity contribution >= 4 is 39.1 Å². The number of rotatable bonds is 11. The third-order valence-corrected chi connectivity index (χ3v) is 8.34. The van der Waals surface area contributed by atoms with Gasteiger partial charge in [0, 0.05) is 17.6 Å². The SMILES string of the molecule is COc1ccc(Cl)cc1N(CC(=O)N(Cc1cccc(C)c1)[C@H](C)C(=O)NC(C)C)S(=O)(=O)c1ccc(C)cc1. The second-order valence-corrected chi connectivity index (χ2v) is 12.3. The van der Waals surface area contributed by atoms with E-state index in [1.807, 2.05) is 52.0 Å². The minimum Gasteiger partial charge on any atom is -0.495 e. The van der Waals surface area contributed by atoms with Crippen LogP contribution in [0.3, 0.4) is 0 Å². The normalized spacial score (nSPS) is 12.1. The number of ether oxygens (including phenoxy) is 1. The summed E-state index contributed by atoms with van der Waals surface area (Å²) in [6, 6.07) is 17.5. The zero-order valence-electron chi connectivity index (χ0n) is 23.6. The zero-order chi connectivity index (χ0) is 29.6. The summed E-state index contributed by atoms with van der Waals surface area (Å²) in [5.74, 6) is -0.682. The molecule has 2 amide bonds. The molecule has 0 aliphatic rings. The summed E-state index contributed by atoms with van der Waals surface area (Å²) in [5, 5.41) is 3.12. The highest BCUT2D eigenvalue weighted by atomic mass is 35.5. The number of benzene rings is 3. The fraction of sp³-hybridized carbons (Fsp3) is 0.333. The Bertz CT molecular complexity index is 1460. The standard InChI is InChI=1S/C30H36ClN3O5S/c1-20(2)32-30(36)23(5)33(18-24-9-7-8-22(4)16-24)29(35)19-34(27-17-25(31)12-15-28(27)39-6)40(37,38)26-13-10-21(3)11-14-26/h7-17,20,23H,18-19H2,1-6H3,(H,32,36)/t23-/m1/s1. The first-order valence-corrected chi connectivity index (χ1v) is 14.7. The molecule has 0 bridgehead atoms. The van der Waals surface area contributed by atoms with Crippen molar-refractivity contribution in [1.82, 2.24) is 10.2 Å². The van der Waals surface area contributed by atoms with E-state index in [1.54, 1.807) is 31.2 Å². The molecule has 0 saturated heterocycles. The van der Waals surface area contributed by atoms with Crippen LogP contribution in [0.5, 0.6) is 5.75 Å². The minimum absolute atomic E-state index is 0.00348. The second-order valence-electron chi connectivity index (χ2n) is 9.99. The number of methoxy groups -OCH3 is 1. The van der Waals surface area contributed by atoms with Crippen molar-refractivity contribution in [2.45, 2.75) is 58.1 Å². The fourth-order valence-electron chi connectivity index (χ4n) is 4.20. The number of carbonyl (C=O) groups is 2. The summed E-state index contributed by atoms with van der Waals surface area (Å²) in [6.07, 6.45) is 0. The Kier molecular flexibility index (Phi) is 10.2. The average molecular weight is 586 g/mol. The van der Waals surface area contributed by atoms with Gasteiger partial charge in [0.25, 0.3) is 10.0 Å². The number of anilines is 1. The van der Waals surface area contributed by atoms with Gasteiger partial charge in [-0.3, -0.25) is 13.9 Å². The Labute approximate surface area is 241 Å². The molecule has 214 valence electrons. The highest BCUT2D eigenvalue weighted by molar-refractivity contribution is 7.92. The number of halogens is 1. The van der Waals surface area contributed by atoms with E-state index in [9.17, 15) is 18.0 Å². The van der Waals surface area contributed by atoms with Crippen molar-refractivity contribution < 1.29 is 22.7 Å². The first-order valence-electron chi connectivity index (χ1n) is 12.9. The van der Waals surface area contributed by atoms with E-state index in [0.29, 0.717) is 0 Å². The predicted molar refractivity (Wildman–Crippen MR) is 158 cm³/mol. The summed E-state index contributed by atoms with van der Waals surface area (Å²) in [6.45, 7) is 8.61. The van der Waals surface area contributed by atoms with Gasteiger partial charge in [0.1, 0.15) is 18.3 Å². The summed E-state index contributed by atoms with van der Waals surface area (Å²) >= 11 is 6.27. The first kappa shape index (κ1) is 31.0. The average Bonchev–Trinajstić information content (AvgIpc) is 2.89. The maximum Gasteiger partial charge on any atom is 0.264 e. The number of hydrogen-bond donors (Lipinski definition) is 1. The van der Waals surface area contributed by atoms with Gasteiger partial charge in [-0.15, -0.1) is 0 Å². The quantitative estimate of drug-likeness (QED) is 0.338. The van der Waals surface area contributed by atoms with Gasteiger partial charge in [-0.05, 0) is 70.5 Å². The molecular weight excluding hydrogens is 550 g/mol. The van der Waals surface area contributed by atoms with Gasteiger partial charge in [0.15, 0.2) is 0 Å². The van der Waals surface area contributed by atoms with Crippen LogP contribution in [0.1, 0.15) is 37.5 Å². The number of amides is 2. The van der Waals surface area contributed by atoms with Crippen molar-refractivity contribution in [3.05, 3.63) is 88.4 Å². The molecule has 0 aliphatic carbocycles. The van der Waals surface area contributed by atoms with Crippen LogP contribution in [-0.4, -0.2) is 50.9 Å². The Morgan fingerprint density at radius 3 is 2.23 bits per heavy atom. The van der Waals surface area contributed by atoms with Crippen LogP contribution in [0, 0.1) is 13.8 Å². The van der Waals surface area contributed by atoms with Crippen molar-refractivity contribution in [3.63, 3.8) is 0 Å². The zero-order valence-corrected chi connectivity index (χ0v) is 25.2. The maximum atomic E-state index is 14.0. The van der Waals surface area contributed by atoms with E-state index < -0.39 is 28.5 Å². The van der Waals surface area contributed by atoms with Crippen LogP contribution in [0.15, 0.2) is 71.6 Å². The molecular formula is C30H36ClN3O5S. The highest BCUT2D eigenvalue weighted by Gasteiger charge is 2.34. The van der Waals surface area contributed by atoms with E-state index in [-0.39, 0.29) is 39.8 Å². The molecule has 3 aromatic carbocycles. The largest absolute Gasteiger partial charge is 0.495 e. The second kappa shape index (κ2) is 13.2. The Morgan fingerprint density at radius 1 is 0.950 bits per heavy atom. The van der Waals surface area contributed by atoms with Gasteiger partial charge in [0.05, 0.1) is 17.7 Å². The van der Waals surface area contributed by atoms with Crippen molar-refractivity contribution in [3.8, 4) is 5.75 Å². The minimum atomic E-state index is -4.25. The molecule has 3 rings (SSSR count). The molecule has 0 heterocycles. The van der Waals surface area contributed by atoms with E-state index >= 15 is 0 Å². The monoisotopic (exact) mass is 585 g/mol. The van der Waals surface area contributed by atoms with Crippen LogP contribution < -0.4 is 14.4 Å². The van der Waals surface area contributed by atoms with Gasteiger partial charge in [-0.1, -0.05) is 59.1 Å². The molecule has 0 unspecified atom stereocenters. The van der Waals surface area contributed by atoms with Crippen LogP contribution in [0.4, 0.5) is 5.69 Å². The number of aryl methyl sites for hydroxylation is 2. The predicted octanol–water partition coefficient (Wildman–Crippen LogP) is 5.10. The summed E-state index contributed by atoms with van der Waals surface area (Å²) in [5.41, 5.74) is 2.80. The van der Waals surface area contributed by atoms with Gasteiger partial charge in [-0.2, -0.15) is 0 Å². The number of nitrogens with one attached hydrogen (secondary N) is 1. The summed E-state index contributed by atoms with van der Waals surface area (Å²) in [7, 11) is -2.84. The third kappa shape index (κ3) is 7.55. The molecule has 0 aromatic heterocycles. The third-order valence-electron chi connectivity index (χ3n) is 6.33. The van der Waals surface area contributed by atoms with Crippen molar-refractivity contribution in [2.75, 3.05) is 18.0 Å². The van der Waals surface area contributed by atoms with E-state index in [4.69, 9.17) is 16.3 Å². The molecule has 0 aliphatic heterocycles. The first-order chi connectivity index (χ1) is 18.8. The smallest absolute Gasteiger partial charge is 0.264 e. The highest BCUT2D eigenvalue weighted by Crippen LogP contribution is 2.35. The van der Waals surface area contributed by atoms with Gasteiger partial charge >= 0.3 is 0 Å². The summed E-state index contributed by atoms with van der Waals surface area (Å²) < 4.78 is 34.5. The number of sulfonamides is 1. The molecule has 0 saturated carbocycles. The van der Waals surface area contributed by atoms with Gasteiger partial charge in [-0.25, -0.2) is 8.42 Å². The molecule has 1 atom stereocenters. The number of nitrogens with zero attached hydrogens (tertiary/aromatic N) is 2. The number of hydrogen-bond acceptors (Lipinski definition) is 5. The molecule has 10 heteroatoms. The molecule has 1 N–H and O–H groups in total. The fourth-order valence-corrected chi connectivity index (χ4v) is 5.79. The molecule has 0 fully saturated rings. The van der Waals surface area contributed by atoms with Crippen LogP contribution >= 0.6 is 11.6 Å². The van der Waals surface area contributed by atoms with Crippen LogP contribution in [-0.2, 0) is 26.2 Å². The molecule has 0 spiro atoms. The maximum absolute atomic E-state index is 14.0. The molecule has 0 radical (unpaired) electrons. The lowest BCUT2D eigenvalue weighted by Crippen LogP contribution is -2.52. The molecule has 8 nitrogen and oxygen atoms in total. The topological polar surface area (TPSA) is 96.0 Å². The lowest BCUT2D eigenvalue weighted by molar-refractivity contribution is -0.139. The Hall–Kier alpha value is -3.56. The molecule has 3 aromatic rings. The van der Waals surface area contributed by atoms with Crippen LogP contribution in [0.25, 0.3) is 0 Å². The number of carbonyl (C=O) groups excluding carboxylic acids is 2. The van der Waals surface area contributed by atoms with Crippen molar-refractivity contribution in [2.24, 2.45) is 0 Å². The Morgan fingerprint density at radius 2 is 1.62 bits per heavy atom. The van der Waals surface area contributed by atoms with Gasteiger partial charge < -0.3 is 15.0 Å². The summed E-state index contributed by atoms with van der Waals surface area (Å²) in [4.78, 5) is 28.5. The lowest BCUT2D eigenvalue weighted by atomic mass is 10.1. The van der Waals surface area contributed by atoms with Crippen molar-refractivity contribution in [1.29, 1.82) is 0 Å². The van der Waals surface area contributed by atoms with Gasteiger partial charge in [0.2, 0.25) is 11.8 Å². The van der Waals surface area contributed by atoms with Crippen LogP contribution in [0.2, 0.25) is 5.02 Å².